The molecule has 0 bridgehead atoms. The number of carboxylic acid groups (broad SMARTS) is 1. The average molecular weight is 479 g/mol. The number of nitrogen functional groups attached to an aromatic ring is 1. The number of halogens is 1. The van der Waals surface area contributed by atoms with E-state index < -0.39 is 11.7 Å². The molecule has 3 aromatic carbocycles. The normalized spacial score (nSPS) is 10.7. The minimum absolute atomic E-state index is 0.0264. The highest BCUT2D eigenvalue weighted by Gasteiger charge is 2.15. The van der Waals surface area contributed by atoms with Gasteiger partial charge in [-0.3, -0.25) is 15.0 Å². The third kappa shape index (κ3) is 7.23. The van der Waals surface area contributed by atoms with Gasteiger partial charge in [0.15, 0.2) is 0 Å². The maximum atomic E-state index is 13.2. The molecule has 4 rings (SSSR count). The highest BCUT2D eigenvalue weighted by molar-refractivity contribution is 6.66. The van der Waals surface area contributed by atoms with Gasteiger partial charge in [-0.15, -0.1) is 0 Å². The molecule has 0 aliphatic heterocycles. The molecule has 3 aromatic rings. The zero-order valence-corrected chi connectivity index (χ0v) is 19.4. The maximum Gasteiger partial charge on any atom is 0.290 e. The lowest BCUT2D eigenvalue weighted by atomic mass is 9.88. The van der Waals surface area contributed by atoms with Crippen molar-refractivity contribution in [2.45, 2.75) is 26.7 Å². The molecule has 1 amide bonds. The Kier molecular flexibility index (Phi) is 9.22. The van der Waals surface area contributed by atoms with Crippen molar-refractivity contribution in [2.75, 3.05) is 11.1 Å². The number of nitrogens with two attached hydrogens (primary N) is 1. The topological polar surface area (TPSA) is 160 Å². The summed E-state index contributed by atoms with van der Waals surface area (Å²) in [5, 5.41) is 33.9. The number of carbonyl (C=O) groups excluding carboxylic acids is 1. The van der Waals surface area contributed by atoms with E-state index in [4.69, 9.17) is 26.5 Å². The minimum atomic E-state index is -0.522. The molecule has 0 radical (unpaired) electrons. The van der Waals surface area contributed by atoms with Crippen LogP contribution in [0.1, 0.15) is 23.6 Å². The lowest BCUT2D eigenvalue weighted by Gasteiger charge is -2.19. The summed E-state index contributed by atoms with van der Waals surface area (Å²) in [4.78, 5) is 19.9. The van der Waals surface area contributed by atoms with E-state index in [1.54, 1.807) is 6.07 Å². The number of nitrogens with one attached hydrogen (secondary N) is 3. The fourth-order valence-electron chi connectivity index (χ4n) is 3.29. The molecule has 0 unspecified atom stereocenters. The molecule has 0 fully saturated rings. The van der Waals surface area contributed by atoms with Crippen LogP contribution in [0.2, 0.25) is 0 Å². The van der Waals surface area contributed by atoms with Crippen LogP contribution in [0, 0.1) is 23.6 Å². The molecule has 0 aromatic heterocycles. The van der Waals surface area contributed by atoms with Gasteiger partial charge >= 0.3 is 0 Å². The fourth-order valence-corrected chi connectivity index (χ4v) is 3.29. The number of carbonyl (C=O) groups is 2. The molecular formula is C26H27FN4O4. The van der Waals surface area contributed by atoms with Crippen molar-refractivity contribution in [3.8, 4) is 16.9 Å². The summed E-state index contributed by atoms with van der Waals surface area (Å²) in [5.41, 5.74) is 10.7. The SMILES string of the molecule is CC(=N)C(=N)C(=O)Nc1ccc2c(c1)CC2.Cc1cccc(-c2cc(F)cc(N)c2O)c1.O=CO. The highest BCUT2D eigenvalue weighted by atomic mass is 19.1. The fraction of sp³-hybridized carbons (Fsp3) is 0.154. The van der Waals surface area contributed by atoms with E-state index in [2.05, 4.69) is 5.32 Å². The highest BCUT2D eigenvalue weighted by Crippen LogP contribution is 2.35. The molecule has 35 heavy (non-hydrogen) atoms. The predicted octanol–water partition coefficient (Wildman–Crippen LogP) is 4.57. The molecular weight excluding hydrogens is 451 g/mol. The number of rotatable bonds is 4. The summed E-state index contributed by atoms with van der Waals surface area (Å²) in [6, 6.07) is 15.6. The van der Waals surface area contributed by atoms with Gasteiger partial charge in [-0.2, -0.15) is 0 Å². The first kappa shape index (κ1) is 26.7. The molecule has 0 saturated carbocycles. The molecule has 7 N–H and O–H groups in total. The molecule has 1 aliphatic carbocycles. The third-order valence-corrected chi connectivity index (χ3v) is 5.16. The number of aromatic hydroxyl groups is 1. The molecule has 0 spiro atoms. The standard InChI is InChI=1S/C13H12FNO.C12H13N3O.CH2O2/c1-8-3-2-4-9(5-8)11-6-10(14)7-12(15)13(11)16;1-7(13)11(14)12(16)15-10-5-4-8-2-3-9(8)6-10;2-1-3/h2-7,16H,15H2,1H3;4-6,13-14H,2-3H2,1H3,(H,15,16);1H,(H,2,3). The third-order valence-electron chi connectivity index (χ3n) is 5.16. The molecule has 9 heteroatoms. The first-order valence-electron chi connectivity index (χ1n) is 10.6. The molecule has 8 nitrogen and oxygen atoms in total. The van der Waals surface area contributed by atoms with E-state index in [0.717, 1.165) is 30.0 Å². The van der Waals surface area contributed by atoms with Crippen LogP contribution in [0.4, 0.5) is 15.8 Å². The number of anilines is 2. The molecule has 0 heterocycles. The Balaban J connectivity index is 0.000000222. The van der Waals surface area contributed by atoms with Gasteiger partial charge in [0.05, 0.1) is 11.4 Å². The predicted molar refractivity (Wildman–Crippen MR) is 135 cm³/mol. The van der Waals surface area contributed by atoms with Gasteiger partial charge in [0.2, 0.25) is 0 Å². The van der Waals surface area contributed by atoms with Gasteiger partial charge < -0.3 is 26.7 Å². The van der Waals surface area contributed by atoms with E-state index in [9.17, 15) is 14.3 Å². The Labute approximate surface area is 202 Å². The second kappa shape index (κ2) is 12.1. The van der Waals surface area contributed by atoms with Crippen molar-refractivity contribution in [1.29, 1.82) is 10.8 Å². The van der Waals surface area contributed by atoms with Gasteiger partial charge in [0, 0.05) is 17.3 Å². The van der Waals surface area contributed by atoms with Crippen LogP contribution >= 0.6 is 0 Å². The minimum Gasteiger partial charge on any atom is -0.505 e. The van der Waals surface area contributed by atoms with Crippen molar-refractivity contribution in [1.82, 2.24) is 0 Å². The lowest BCUT2D eigenvalue weighted by molar-refractivity contribution is -0.122. The van der Waals surface area contributed by atoms with E-state index in [-0.39, 0.29) is 29.3 Å². The van der Waals surface area contributed by atoms with Gasteiger partial charge in [0.1, 0.15) is 17.3 Å². The van der Waals surface area contributed by atoms with Crippen LogP contribution in [0.3, 0.4) is 0 Å². The Bertz CT molecular complexity index is 1270. The first-order valence-corrected chi connectivity index (χ1v) is 10.6. The number of hydrogen-bond donors (Lipinski definition) is 6. The van der Waals surface area contributed by atoms with E-state index in [1.807, 2.05) is 43.3 Å². The summed E-state index contributed by atoms with van der Waals surface area (Å²) >= 11 is 0. The Morgan fingerprint density at radius 1 is 1.09 bits per heavy atom. The van der Waals surface area contributed by atoms with Crippen molar-refractivity contribution in [3.05, 3.63) is 77.1 Å². The summed E-state index contributed by atoms with van der Waals surface area (Å²) in [6.45, 7) is 3.11. The zero-order chi connectivity index (χ0) is 26.1. The number of aryl methyl sites for hydroxylation is 3. The van der Waals surface area contributed by atoms with Crippen molar-refractivity contribution >= 4 is 35.2 Å². The Morgan fingerprint density at radius 3 is 2.29 bits per heavy atom. The quantitative estimate of drug-likeness (QED) is 0.140. The molecule has 1 aliphatic rings. The van der Waals surface area contributed by atoms with Gasteiger partial charge in [0.25, 0.3) is 12.4 Å². The Morgan fingerprint density at radius 2 is 1.74 bits per heavy atom. The molecule has 182 valence electrons. The summed E-state index contributed by atoms with van der Waals surface area (Å²) in [6.07, 6.45) is 2.17. The van der Waals surface area contributed by atoms with Crippen molar-refractivity contribution in [2.24, 2.45) is 0 Å². The van der Waals surface area contributed by atoms with Gasteiger partial charge in [-0.25, -0.2) is 4.39 Å². The van der Waals surface area contributed by atoms with Gasteiger partial charge in [-0.1, -0.05) is 35.9 Å². The van der Waals surface area contributed by atoms with Crippen molar-refractivity contribution < 1.29 is 24.2 Å². The second-order valence-electron chi connectivity index (χ2n) is 7.80. The number of amides is 1. The van der Waals surface area contributed by atoms with Crippen LogP contribution < -0.4 is 11.1 Å². The van der Waals surface area contributed by atoms with Crippen molar-refractivity contribution in [3.63, 3.8) is 0 Å². The molecule has 0 atom stereocenters. The summed E-state index contributed by atoms with van der Waals surface area (Å²) < 4.78 is 13.2. The van der Waals surface area contributed by atoms with E-state index in [1.165, 1.54) is 24.1 Å². The van der Waals surface area contributed by atoms with Crippen LogP contribution in [0.25, 0.3) is 11.1 Å². The van der Waals surface area contributed by atoms with Crippen LogP contribution in [-0.4, -0.2) is 34.0 Å². The molecule has 0 saturated heterocycles. The van der Waals surface area contributed by atoms with Crippen LogP contribution in [0.5, 0.6) is 5.75 Å². The average Bonchev–Trinajstić information content (AvgIpc) is 2.78. The van der Waals surface area contributed by atoms with Crippen LogP contribution in [-0.2, 0) is 22.4 Å². The first-order chi connectivity index (χ1) is 16.6. The zero-order valence-electron chi connectivity index (χ0n) is 19.4. The largest absolute Gasteiger partial charge is 0.505 e. The second-order valence-corrected chi connectivity index (χ2v) is 7.80. The number of fused-ring (bicyclic) bond motifs is 1. The Hall–Kier alpha value is -4.53. The number of hydrogen-bond acceptors (Lipinski definition) is 6. The van der Waals surface area contributed by atoms with E-state index in [0.29, 0.717) is 11.3 Å². The number of phenolic OH excluding ortho intramolecular Hbond substituents is 1. The monoisotopic (exact) mass is 478 g/mol. The maximum absolute atomic E-state index is 13.2. The van der Waals surface area contributed by atoms with E-state index >= 15 is 0 Å². The lowest BCUT2D eigenvalue weighted by Crippen LogP contribution is -2.27. The smallest absolute Gasteiger partial charge is 0.290 e. The number of benzene rings is 3. The van der Waals surface area contributed by atoms with Crippen LogP contribution in [0.15, 0.2) is 54.6 Å². The summed E-state index contributed by atoms with van der Waals surface area (Å²) in [7, 11) is 0. The van der Waals surface area contributed by atoms with Gasteiger partial charge in [-0.05, 0) is 61.6 Å². The summed E-state index contributed by atoms with van der Waals surface area (Å²) in [5.74, 6) is -1.05. The number of phenols is 1.